The number of ether oxygens (including phenoxy) is 3. The Morgan fingerprint density at radius 2 is 1.84 bits per heavy atom. The standard InChI is InChI=1S/C29H36N2O6/c1-4-36-24-15-14-19(16-25(24)35-3)23(17-26(32)37-5-2)30-28(33)22-13-9-10-20-18-31(29(34)27(20)22)21-11-7-6-8-12-21/h9-10,13-16,21,23H,4-8,11-12,17-18H2,1-3H3,(H,30,33)/t23-/m0/s1. The maximum absolute atomic E-state index is 13.6. The number of nitrogens with zero attached hydrogens (tertiary/aromatic N) is 1. The maximum Gasteiger partial charge on any atom is 0.308 e. The van der Waals surface area contributed by atoms with E-state index in [1.54, 1.807) is 31.2 Å². The van der Waals surface area contributed by atoms with Gasteiger partial charge in [-0.05, 0) is 56.0 Å². The van der Waals surface area contributed by atoms with Gasteiger partial charge in [-0.25, -0.2) is 0 Å². The van der Waals surface area contributed by atoms with Gasteiger partial charge >= 0.3 is 5.97 Å². The lowest BCUT2D eigenvalue weighted by atomic mass is 9.94. The number of benzene rings is 2. The number of fused-ring (bicyclic) bond motifs is 1. The normalized spacial score (nSPS) is 16.2. The van der Waals surface area contributed by atoms with E-state index in [9.17, 15) is 14.4 Å². The molecule has 2 amide bonds. The molecule has 4 rings (SSSR count). The van der Waals surface area contributed by atoms with Crippen LogP contribution >= 0.6 is 0 Å². The first-order chi connectivity index (χ1) is 18.0. The number of amides is 2. The van der Waals surface area contributed by atoms with Gasteiger partial charge in [-0.1, -0.05) is 37.5 Å². The molecule has 0 spiro atoms. The first kappa shape index (κ1) is 26.5. The van der Waals surface area contributed by atoms with E-state index in [1.807, 2.05) is 24.0 Å². The molecule has 8 heteroatoms. The maximum atomic E-state index is 13.6. The molecule has 2 aromatic carbocycles. The fourth-order valence-corrected chi connectivity index (χ4v) is 5.31. The van der Waals surface area contributed by atoms with Gasteiger partial charge in [0.2, 0.25) is 0 Å². The molecule has 2 aliphatic rings. The monoisotopic (exact) mass is 508 g/mol. The van der Waals surface area contributed by atoms with Gasteiger partial charge in [0.1, 0.15) is 0 Å². The van der Waals surface area contributed by atoms with Crippen LogP contribution in [-0.2, 0) is 16.1 Å². The van der Waals surface area contributed by atoms with E-state index in [0.717, 1.165) is 31.2 Å². The lowest BCUT2D eigenvalue weighted by molar-refractivity contribution is -0.143. The molecule has 1 aliphatic heterocycles. The molecule has 198 valence electrons. The summed E-state index contributed by atoms with van der Waals surface area (Å²) in [5, 5.41) is 2.98. The molecule has 0 bridgehead atoms. The predicted octanol–water partition coefficient (Wildman–Crippen LogP) is 4.81. The highest BCUT2D eigenvalue weighted by molar-refractivity contribution is 6.09. The van der Waals surface area contributed by atoms with Crippen LogP contribution in [0, 0.1) is 0 Å². The van der Waals surface area contributed by atoms with Crippen LogP contribution in [0.4, 0.5) is 0 Å². The summed E-state index contributed by atoms with van der Waals surface area (Å²) in [5.41, 5.74) is 2.33. The van der Waals surface area contributed by atoms with Crippen LogP contribution in [0.1, 0.15) is 90.3 Å². The number of hydrogen-bond donors (Lipinski definition) is 1. The van der Waals surface area contributed by atoms with Crippen molar-refractivity contribution in [2.24, 2.45) is 0 Å². The van der Waals surface area contributed by atoms with Crippen molar-refractivity contribution in [3.8, 4) is 11.5 Å². The highest BCUT2D eigenvalue weighted by atomic mass is 16.5. The zero-order valence-electron chi connectivity index (χ0n) is 21.9. The summed E-state index contributed by atoms with van der Waals surface area (Å²) in [7, 11) is 1.54. The smallest absolute Gasteiger partial charge is 0.308 e. The minimum absolute atomic E-state index is 0.0616. The van der Waals surface area contributed by atoms with Gasteiger partial charge in [-0.3, -0.25) is 14.4 Å². The Hall–Kier alpha value is -3.55. The lowest BCUT2D eigenvalue weighted by Crippen LogP contribution is -2.37. The average Bonchev–Trinajstić information content (AvgIpc) is 3.25. The minimum atomic E-state index is -0.682. The van der Waals surface area contributed by atoms with E-state index >= 15 is 0 Å². The van der Waals surface area contributed by atoms with Gasteiger partial charge in [0.25, 0.3) is 11.8 Å². The van der Waals surface area contributed by atoms with E-state index in [4.69, 9.17) is 14.2 Å². The molecule has 1 aliphatic carbocycles. The van der Waals surface area contributed by atoms with E-state index in [2.05, 4.69) is 5.32 Å². The number of methoxy groups -OCH3 is 1. The molecular formula is C29H36N2O6. The van der Waals surface area contributed by atoms with Crippen molar-refractivity contribution < 1.29 is 28.6 Å². The van der Waals surface area contributed by atoms with Crippen molar-refractivity contribution in [3.05, 3.63) is 58.7 Å². The van der Waals surface area contributed by atoms with Gasteiger partial charge in [-0.2, -0.15) is 0 Å². The highest BCUT2D eigenvalue weighted by Gasteiger charge is 2.36. The van der Waals surface area contributed by atoms with Crippen LogP contribution in [-0.4, -0.2) is 49.0 Å². The fourth-order valence-electron chi connectivity index (χ4n) is 5.31. The first-order valence-electron chi connectivity index (χ1n) is 13.2. The summed E-state index contributed by atoms with van der Waals surface area (Å²) in [4.78, 5) is 41.4. The molecule has 0 aromatic heterocycles. The molecule has 1 saturated carbocycles. The van der Waals surface area contributed by atoms with Crippen molar-refractivity contribution in [3.63, 3.8) is 0 Å². The van der Waals surface area contributed by atoms with Crippen LogP contribution in [0.2, 0.25) is 0 Å². The SMILES string of the molecule is CCOC(=O)C[C@H](NC(=O)c1cccc2c1C(=O)N(C1CCCCC1)C2)c1ccc(OCC)c(OC)c1. The van der Waals surface area contributed by atoms with Crippen molar-refractivity contribution >= 4 is 17.8 Å². The Bertz CT molecular complexity index is 1140. The van der Waals surface area contributed by atoms with Crippen LogP contribution < -0.4 is 14.8 Å². The summed E-state index contributed by atoms with van der Waals surface area (Å²) in [6.45, 7) is 4.87. The lowest BCUT2D eigenvalue weighted by Gasteiger charge is -2.31. The Kier molecular flexibility index (Phi) is 8.69. The van der Waals surface area contributed by atoms with E-state index in [1.165, 1.54) is 13.5 Å². The van der Waals surface area contributed by atoms with E-state index in [0.29, 0.717) is 41.3 Å². The number of hydrogen-bond acceptors (Lipinski definition) is 6. The Balaban J connectivity index is 1.60. The third-order valence-corrected chi connectivity index (χ3v) is 7.10. The molecule has 0 radical (unpaired) electrons. The second kappa shape index (κ2) is 12.1. The van der Waals surface area contributed by atoms with Gasteiger partial charge in [-0.15, -0.1) is 0 Å². The topological polar surface area (TPSA) is 94.2 Å². The Morgan fingerprint density at radius 3 is 2.54 bits per heavy atom. The molecule has 1 heterocycles. The average molecular weight is 509 g/mol. The van der Waals surface area contributed by atoms with Crippen LogP contribution in [0.15, 0.2) is 36.4 Å². The second-order valence-electron chi connectivity index (χ2n) is 9.44. The van der Waals surface area contributed by atoms with Crippen molar-refractivity contribution in [2.45, 2.75) is 71.0 Å². The second-order valence-corrected chi connectivity index (χ2v) is 9.44. The van der Waals surface area contributed by atoms with Gasteiger partial charge in [0.15, 0.2) is 11.5 Å². The molecule has 1 atom stereocenters. The summed E-state index contributed by atoms with van der Waals surface area (Å²) >= 11 is 0. The first-order valence-corrected chi connectivity index (χ1v) is 13.2. The van der Waals surface area contributed by atoms with Crippen LogP contribution in [0.3, 0.4) is 0 Å². The zero-order valence-corrected chi connectivity index (χ0v) is 21.9. The number of carbonyl (C=O) groups is 3. The molecular weight excluding hydrogens is 472 g/mol. The number of carbonyl (C=O) groups excluding carboxylic acids is 3. The zero-order chi connectivity index (χ0) is 26.4. The van der Waals surface area contributed by atoms with E-state index < -0.39 is 17.9 Å². The van der Waals surface area contributed by atoms with Gasteiger partial charge in [0, 0.05) is 12.6 Å². The third kappa shape index (κ3) is 5.89. The van der Waals surface area contributed by atoms with Gasteiger partial charge < -0.3 is 24.4 Å². The number of nitrogens with one attached hydrogen (secondary N) is 1. The van der Waals surface area contributed by atoms with Crippen LogP contribution in [0.25, 0.3) is 0 Å². The van der Waals surface area contributed by atoms with Crippen molar-refractivity contribution in [1.82, 2.24) is 10.2 Å². The Morgan fingerprint density at radius 1 is 1.05 bits per heavy atom. The summed E-state index contributed by atoms with van der Waals surface area (Å²) in [5.74, 6) is 0.152. The molecule has 0 saturated heterocycles. The van der Waals surface area contributed by atoms with Gasteiger partial charge in [0.05, 0.1) is 43.9 Å². The molecule has 37 heavy (non-hydrogen) atoms. The molecule has 8 nitrogen and oxygen atoms in total. The minimum Gasteiger partial charge on any atom is -0.493 e. The molecule has 2 aromatic rings. The van der Waals surface area contributed by atoms with Crippen molar-refractivity contribution in [1.29, 1.82) is 0 Å². The number of rotatable bonds is 10. The molecule has 1 fully saturated rings. The van der Waals surface area contributed by atoms with Crippen LogP contribution in [0.5, 0.6) is 11.5 Å². The third-order valence-electron chi connectivity index (χ3n) is 7.10. The Labute approximate surface area is 218 Å². The summed E-state index contributed by atoms with van der Waals surface area (Å²) in [6.07, 6.45) is 5.40. The summed E-state index contributed by atoms with van der Waals surface area (Å²) in [6, 6.07) is 10.2. The number of esters is 1. The molecule has 0 unspecified atom stereocenters. The summed E-state index contributed by atoms with van der Waals surface area (Å²) < 4.78 is 16.2. The fraction of sp³-hybridized carbons (Fsp3) is 0.483. The predicted molar refractivity (Wildman–Crippen MR) is 139 cm³/mol. The molecule has 1 N–H and O–H groups in total. The highest BCUT2D eigenvalue weighted by Crippen LogP contribution is 2.34. The largest absolute Gasteiger partial charge is 0.493 e. The quantitative estimate of drug-likeness (QED) is 0.463. The van der Waals surface area contributed by atoms with Crippen molar-refractivity contribution in [2.75, 3.05) is 20.3 Å². The van der Waals surface area contributed by atoms with E-state index in [-0.39, 0.29) is 25.0 Å².